The van der Waals surface area contributed by atoms with E-state index in [-0.39, 0.29) is 23.7 Å². The zero-order valence-electron chi connectivity index (χ0n) is 16.7. The molecule has 7 rings (SSSR count). The van der Waals surface area contributed by atoms with E-state index in [4.69, 9.17) is 19.2 Å². The summed E-state index contributed by atoms with van der Waals surface area (Å²) in [6.07, 6.45) is 4.75. The predicted molar refractivity (Wildman–Crippen MR) is 102 cm³/mol. The fourth-order valence-electron chi connectivity index (χ4n) is 6.19. The van der Waals surface area contributed by atoms with Crippen molar-refractivity contribution in [1.29, 1.82) is 0 Å². The first-order chi connectivity index (χ1) is 14.0. The third-order valence-electron chi connectivity index (χ3n) is 7.71. The Morgan fingerprint density at radius 2 is 2.03 bits per heavy atom. The normalized spacial score (nSPS) is 43.7. The lowest BCUT2D eigenvalue weighted by molar-refractivity contribution is -0.559. The third-order valence-corrected chi connectivity index (χ3v) is 7.71. The van der Waals surface area contributed by atoms with Crippen LogP contribution in [0.5, 0.6) is 0 Å². The molecule has 4 saturated heterocycles. The topological polar surface area (TPSA) is 71.8 Å². The van der Waals surface area contributed by atoms with Crippen molar-refractivity contribution in [2.75, 3.05) is 0 Å². The maximum absolute atomic E-state index is 13.2. The number of para-hydroxylation sites is 2. The first-order valence-electron chi connectivity index (χ1n) is 10.7. The average molecular weight is 398 g/mol. The maximum atomic E-state index is 13.2. The van der Waals surface area contributed by atoms with Gasteiger partial charge in [-0.05, 0) is 44.2 Å². The molecule has 154 valence electrons. The van der Waals surface area contributed by atoms with Gasteiger partial charge in [0.15, 0.2) is 5.60 Å². The van der Waals surface area contributed by atoms with Gasteiger partial charge in [-0.3, -0.25) is 4.79 Å². The molecular formula is C22H26N2O5. The first-order valence-corrected chi connectivity index (χ1v) is 10.7. The van der Waals surface area contributed by atoms with Crippen molar-refractivity contribution in [2.45, 2.75) is 63.8 Å². The number of nitrogens with zero attached hydrogens (tertiary/aromatic N) is 2. The van der Waals surface area contributed by atoms with Crippen molar-refractivity contribution in [3.05, 3.63) is 30.6 Å². The van der Waals surface area contributed by atoms with Crippen LogP contribution in [0.25, 0.3) is 11.0 Å². The van der Waals surface area contributed by atoms with E-state index >= 15 is 0 Å². The molecule has 0 N–H and O–H groups in total. The quantitative estimate of drug-likeness (QED) is 0.570. The lowest BCUT2D eigenvalue weighted by Crippen LogP contribution is -2.70. The van der Waals surface area contributed by atoms with Crippen molar-refractivity contribution in [3.63, 3.8) is 0 Å². The molecule has 2 bridgehead atoms. The highest BCUT2D eigenvalue weighted by molar-refractivity contribution is 5.77. The summed E-state index contributed by atoms with van der Waals surface area (Å²) >= 11 is 0. The summed E-state index contributed by atoms with van der Waals surface area (Å²) in [4.78, 5) is 29.6. The number of esters is 1. The number of carbonyl (C=O) groups is 1. The molecule has 29 heavy (non-hydrogen) atoms. The first kappa shape index (κ1) is 17.9. The Morgan fingerprint density at radius 3 is 2.93 bits per heavy atom. The summed E-state index contributed by atoms with van der Waals surface area (Å²) < 4.78 is 14.2. The van der Waals surface area contributed by atoms with E-state index in [1.54, 1.807) is 0 Å². The molecule has 1 aliphatic carbocycles. The zero-order valence-corrected chi connectivity index (χ0v) is 16.7. The van der Waals surface area contributed by atoms with E-state index in [2.05, 4.69) is 16.5 Å². The predicted octanol–water partition coefficient (Wildman–Crippen LogP) is 3.42. The molecule has 1 saturated carbocycles. The van der Waals surface area contributed by atoms with Crippen LogP contribution in [0.4, 0.5) is 0 Å². The lowest BCUT2D eigenvalue weighted by atomic mass is 9.58. The number of hydrogen-bond acceptors (Lipinski definition) is 6. The molecule has 0 radical (unpaired) electrons. The van der Waals surface area contributed by atoms with Crippen LogP contribution in [0.1, 0.15) is 39.5 Å². The molecule has 2 aromatic rings. The zero-order chi connectivity index (χ0) is 19.8. The molecule has 4 aliphatic heterocycles. The van der Waals surface area contributed by atoms with Gasteiger partial charge in [0, 0.05) is 24.8 Å². The second-order valence-electron chi connectivity index (χ2n) is 9.34. The van der Waals surface area contributed by atoms with E-state index in [9.17, 15) is 4.79 Å². The summed E-state index contributed by atoms with van der Waals surface area (Å²) in [5, 5.41) is 0. The van der Waals surface area contributed by atoms with E-state index in [0.717, 1.165) is 36.7 Å². The molecule has 1 spiro atoms. The molecule has 7 heteroatoms. The van der Waals surface area contributed by atoms with Crippen LogP contribution in [-0.4, -0.2) is 33.2 Å². The molecule has 0 amide bonds. The van der Waals surface area contributed by atoms with Crippen LogP contribution in [0.15, 0.2) is 30.6 Å². The van der Waals surface area contributed by atoms with E-state index in [0.29, 0.717) is 12.5 Å². The summed E-state index contributed by atoms with van der Waals surface area (Å²) in [6.45, 7) is 4.65. The molecule has 5 heterocycles. The van der Waals surface area contributed by atoms with Gasteiger partial charge in [-0.2, -0.15) is 0 Å². The molecule has 7 atom stereocenters. The summed E-state index contributed by atoms with van der Waals surface area (Å²) in [6, 6.07) is 7.98. The minimum atomic E-state index is -0.856. The highest BCUT2D eigenvalue weighted by Gasteiger charge is 2.70. The molecule has 5 aliphatic rings. The maximum Gasteiger partial charge on any atom is 0.313 e. The van der Waals surface area contributed by atoms with Gasteiger partial charge in [-0.15, -0.1) is 0 Å². The van der Waals surface area contributed by atoms with Crippen LogP contribution in [0.2, 0.25) is 0 Å². The van der Waals surface area contributed by atoms with Crippen molar-refractivity contribution < 1.29 is 24.0 Å². The van der Waals surface area contributed by atoms with Crippen molar-refractivity contribution in [2.24, 2.45) is 23.7 Å². The van der Waals surface area contributed by atoms with Crippen molar-refractivity contribution in [3.8, 4) is 0 Å². The van der Waals surface area contributed by atoms with E-state index in [1.807, 2.05) is 37.5 Å². The van der Waals surface area contributed by atoms with Crippen LogP contribution in [0, 0.1) is 23.7 Å². The van der Waals surface area contributed by atoms with E-state index in [1.165, 1.54) is 0 Å². The van der Waals surface area contributed by atoms with Gasteiger partial charge in [0.2, 0.25) is 12.1 Å². The van der Waals surface area contributed by atoms with E-state index < -0.39 is 17.7 Å². The second-order valence-corrected chi connectivity index (χ2v) is 9.34. The number of hydrogen-bond donors (Lipinski definition) is 0. The Morgan fingerprint density at radius 1 is 1.17 bits per heavy atom. The number of carbonyl (C=O) groups excluding carboxylic acids is 1. The highest BCUT2D eigenvalue weighted by Crippen LogP contribution is 2.60. The standard InChI is InChI=1S/C22H26N2O5/c1-13-7-8-16-14(11-24-12-23-17-5-3-4-6-18(17)24)19(25)26-20-22(16)15(13)9-10-21(2,27-20)28-29-22/h3-6,12-16,20H,7-11H2,1-2H3/t13-,14+,15+,16+,20-,21-,22-/m1/s1. The molecule has 7 nitrogen and oxygen atoms in total. The SMILES string of the molecule is C[C@@H]1CC[C@H]2[C@H](Cn3cnc4ccccc43)C(=O)O[C@@H]3O[C@@]4(C)CC[C@@H]1[C@]32OO4. The van der Waals surface area contributed by atoms with Gasteiger partial charge in [0.25, 0.3) is 0 Å². The average Bonchev–Trinajstić information content (AvgIpc) is 2.98. The van der Waals surface area contributed by atoms with Gasteiger partial charge >= 0.3 is 5.97 Å². The van der Waals surface area contributed by atoms with Crippen molar-refractivity contribution in [1.82, 2.24) is 9.55 Å². The van der Waals surface area contributed by atoms with Crippen molar-refractivity contribution >= 4 is 17.0 Å². The van der Waals surface area contributed by atoms with Crippen LogP contribution in [0.3, 0.4) is 0 Å². The lowest BCUT2D eigenvalue weighted by Gasteiger charge is -2.58. The molecule has 5 fully saturated rings. The van der Waals surface area contributed by atoms with Gasteiger partial charge in [-0.1, -0.05) is 19.1 Å². The Kier molecular flexibility index (Phi) is 3.71. The van der Waals surface area contributed by atoms with Crippen LogP contribution in [-0.2, 0) is 30.6 Å². The minimum absolute atomic E-state index is 0.0150. The fourth-order valence-corrected chi connectivity index (χ4v) is 6.19. The van der Waals surface area contributed by atoms with Gasteiger partial charge in [0.05, 0.1) is 23.3 Å². The minimum Gasteiger partial charge on any atom is -0.432 e. The fraction of sp³-hybridized carbons (Fsp3) is 0.636. The number of benzene rings is 1. The summed E-state index contributed by atoms with van der Waals surface area (Å²) in [7, 11) is 0. The summed E-state index contributed by atoms with van der Waals surface area (Å²) in [5.74, 6) is -0.701. The molecule has 1 aromatic carbocycles. The Hall–Kier alpha value is -1.96. The smallest absolute Gasteiger partial charge is 0.313 e. The van der Waals surface area contributed by atoms with Crippen LogP contribution >= 0.6 is 0 Å². The number of rotatable bonds is 2. The monoisotopic (exact) mass is 398 g/mol. The molecule has 0 unspecified atom stereocenters. The number of ether oxygens (including phenoxy) is 2. The Balaban J connectivity index is 1.41. The Labute approximate surface area is 169 Å². The summed E-state index contributed by atoms with van der Waals surface area (Å²) in [5.41, 5.74) is 1.21. The number of fused-ring (bicyclic) bond motifs is 3. The highest BCUT2D eigenvalue weighted by atomic mass is 17.3. The Bertz CT molecular complexity index is 975. The molecular weight excluding hydrogens is 372 g/mol. The number of aromatic nitrogens is 2. The second kappa shape index (κ2) is 6.03. The van der Waals surface area contributed by atoms with Gasteiger partial charge in [-0.25, -0.2) is 14.8 Å². The largest absolute Gasteiger partial charge is 0.432 e. The van der Waals surface area contributed by atoms with Crippen LogP contribution < -0.4 is 0 Å². The van der Waals surface area contributed by atoms with Gasteiger partial charge in [0.1, 0.15) is 0 Å². The number of imidazole rings is 1. The third kappa shape index (κ3) is 2.41. The van der Waals surface area contributed by atoms with Gasteiger partial charge < -0.3 is 14.0 Å². The molecule has 1 aromatic heterocycles.